The van der Waals surface area contributed by atoms with Crippen molar-refractivity contribution < 1.29 is 33.8 Å². The zero-order chi connectivity index (χ0) is 38.6. The fourth-order valence-corrected chi connectivity index (χ4v) is 7.63. The minimum atomic E-state index is -0.872. The van der Waals surface area contributed by atoms with Gasteiger partial charge in [-0.3, -0.25) is 19.2 Å². The number of carbonyl (C=O) groups excluding carboxylic acids is 4. The molecule has 1 fully saturated rings. The Balaban J connectivity index is 2.24. The standard InChI is InChI=1S/C40H68N4O7/c1-13-26(7)35(43(10)40(49)34(25(5)6)42-39(48)30(14-2)24(3)4)32(50-11)23-33(45)44-22-18-21-31(44)37(51-12)27(8)38(47)41-28(9)36(46)29-19-16-15-17-20-29/h15-17,19-20,24-28,30-32,34-37,46H,13-14,18,21-23H2,1-12H3,(H,41,47)(H,42,48)/t26-,27+,28+,30-,31-,32+,34-,35-,36+,37+/m0/s1. The summed E-state index contributed by atoms with van der Waals surface area (Å²) in [5.41, 5.74) is 0.713. The highest BCUT2D eigenvalue weighted by Gasteiger charge is 2.43. The van der Waals surface area contributed by atoms with Gasteiger partial charge in [0.1, 0.15) is 6.04 Å². The molecule has 11 nitrogen and oxygen atoms in total. The van der Waals surface area contributed by atoms with Gasteiger partial charge in [0, 0.05) is 33.7 Å². The molecule has 51 heavy (non-hydrogen) atoms. The van der Waals surface area contributed by atoms with E-state index in [0.29, 0.717) is 24.9 Å². The van der Waals surface area contributed by atoms with Gasteiger partial charge >= 0.3 is 0 Å². The molecule has 1 aromatic carbocycles. The molecule has 0 aromatic heterocycles. The Labute approximate surface area is 307 Å². The number of benzene rings is 1. The fraction of sp³-hybridized carbons (Fsp3) is 0.750. The highest BCUT2D eigenvalue weighted by atomic mass is 16.5. The SMILES string of the molecule is CC[C@H](C(=O)N[C@H](C(=O)N(C)[C@@H]([C@@H](C)CC)[C@@H](CC(=O)N1CCC[C@H]1[C@H](OC)[C@@H](C)C(=O)N[C@H](C)[C@@H](O)c1ccccc1)OC)C(C)C)C(C)C. The largest absolute Gasteiger partial charge is 0.386 e. The summed E-state index contributed by atoms with van der Waals surface area (Å²) in [4.78, 5) is 58.4. The van der Waals surface area contributed by atoms with Gasteiger partial charge in [-0.05, 0) is 49.5 Å². The molecule has 0 radical (unpaired) electrons. The second-order valence-corrected chi connectivity index (χ2v) is 15.2. The van der Waals surface area contributed by atoms with E-state index in [1.54, 1.807) is 44.9 Å². The van der Waals surface area contributed by atoms with Crippen LogP contribution in [0.3, 0.4) is 0 Å². The van der Waals surface area contributed by atoms with Gasteiger partial charge in [-0.2, -0.15) is 0 Å². The average Bonchev–Trinajstić information content (AvgIpc) is 3.59. The Kier molecular flexibility index (Phi) is 18.1. The summed E-state index contributed by atoms with van der Waals surface area (Å²) in [5, 5.41) is 16.8. The second-order valence-electron chi connectivity index (χ2n) is 15.2. The van der Waals surface area contributed by atoms with Crippen molar-refractivity contribution in [2.75, 3.05) is 27.8 Å². The van der Waals surface area contributed by atoms with E-state index in [-0.39, 0.29) is 59.8 Å². The van der Waals surface area contributed by atoms with Crippen LogP contribution in [-0.2, 0) is 28.7 Å². The first-order valence-corrected chi connectivity index (χ1v) is 19.0. The highest BCUT2D eigenvalue weighted by Crippen LogP contribution is 2.30. The maximum absolute atomic E-state index is 14.1. The number of ether oxygens (including phenoxy) is 2. The number of likely N-dealkylation sites (tertiary alicyclic amines) is 1. The molecule has 1 aliphatic heterocycles. The number of nitrogens with one attached hydrogen (secondary N) is 2. The lowest BCUT2D eigenvalue weighted by atomic mass is 9.89. The number of carbonyl (C=O) groups is 4. The van der Waals surface area contributed by atoms with Crippen LogP contribution in [-0.4, -0.2) is 103 Å². The van der Waals surface area contributed by atoms with Crippen LogP contribution in [0.4, 0.5) is 0 Å². The predicted molar refractivity (Wildman–Crippen MR) is 201 cm³/mol. The van der Waals surface area contributed by atoms with Crippen molar-refractivity contribution in [1.29, 1.82) is 0 Å². The summed E-state index contributed by atoms with van der Waals surface area (Å²) >= 11 is 0. The average molecular weight is 717 g/mol. The van der Waals surface area contributed by atoms with Crippen LogP contribution < -0.4 is 10.6 Å². The van der Waals surface area contributed by atoms with Gasteiger partial charge in [0.15, 0.2) is 0 Å². The number of aliphatic hydroxyl groups excluding tert-OH is 1. The van der Waals surface area contributed by atoms with Gasteiger partial charge < -0.3 is 35.0 Å². The van der Waals surface area contributed by atoms with Crippen molar-refractivity contribution in [2.24, 2.45) is 29.6 Å². The van der Waals surface area contributed by atoms with E-state index in [9.17, 15) is 24.3 Å². The Bertz CT molecular complexity index is 1240. The van der Waals surface area contributed by atoms with Crippen molar-refractivity contribution in [3.8, 4) is 0 Å². The predicted octanol–water partition coefficient (Wildman–Crippen LogP) is 4.97. The van der Waals surface area contributed by atoms with Crippen LogP contribution in [0, 0.1) is 29.6 Å². The molecule has 0 unspecified atom stereocenters. The number of likely N-dealkylation sites (N-methyl/N-ethyl adjacent to an activating group) is 1. The molecule has 1 aromatic rings. The molecule has 1 saturated heterocycles. The molecule has 10 atom stereocenters. The number of hydrogen-bond donors (Lipinski definition) is 3. The molecular formula is C40H68N4O7. The maximum Gasteiger partial charge on any atom is 0.245 e. The summed E-state index contributed by atoms with van der Waals surface area (Å²) in [6, 6.07) is 7.19. The maximum atomic E-state index is 14.1. The molecule has 2 rings (SSSR count). The topological polar surface area (TPSA) is 138 Å². The normalized spacial score (nSPS) is 20.1. The first-order valence-electron chi connectivity index (χ1n) is 19.0. The van der Waals surface area contributed by atoms with Crippen LogP contribution in [0.2, 0.25) is 0 Å². The molecule has 0 saturated carbocycles. The first kappa shape index (κ1) is 44.1. The van der Waals surface area contributed by atoms with Gasteiger partial charge in [0.25, 0.3) is 0 Å². The van der Waals surface area contributed by atoms with E-state index < -0.39 is 42.4 Å². The Morgan fingerprint density at radius 2 is 1.53 bits per heavy atom. The number of aliphatic hydroxyl groups is 1. The lowest BCUT2D eigenvalue weighted by Gasteiger charge is -2.41. The molecule has 4 amide bonds. The molecule has 11 heteroatoms. The molecule has 0 aliphatic carbocycles. The van der Waals surface area contributed by atoms with Gasteiger partial charge in [-0.25, -0.2) is 0 Å². The van der Waals surface area contributed by atoms with Crippen LogP contribution >= 0.6 is 0 Å². The van der Waals surface area contributed by atoms with E-state index in [1.807, 2.05) is 71.9 Å². The third kappa shape index (κ3) is 11.5. The van der Waals surface area contributed by atoms with E-state index in [1.165, 1.54) is 0 Å². The van der Waals surface area contributed by atoms with Gasteiger partial charge in [0.05, 0.1) is 48.8 Å². The van der Waals surface area contributed by atoms with E-state index in [4.69, 9.17) is 9.47 Å². The quantitative estimate of drug-likeness (QED) is 0.173. The van der Waals surface area contributed by atoms with E-state index in [2.05, 4.69) is 17.6 Å². The summed E-state index contributed by atoms with van der Waals surface area (Å²) in [5.74, 6) is -1.51. The van der Waals surface area contributed by atoms with E-state index >= 15 is 0 Å². The zero-order valence-electron chi connectivity index (χ0n) is 33.3. The second kappa shape index (κ2) is 20.9. The monoisotopic (exact) mass is 717 g/mol. The minimum Gasteiger partial charge on any atom is -0.386 e. The smallest absolute Gasteiger partial charge is 0.245 e. The molecule has 3 N–H and O–H groups in total. The number of amides is 4. The van der Waals surface area contributed by atoms with Crippen LogP contribution in [0.1, 0.15) is 106 Å². The molecular weight excluding hydrogens is 648 g/mol. The third-order valence-electron chi connectivity index (χ3n) is 11.1. The van der Waals surface area contributed by atoms with Gasteiger partial charge in [0.2, 0.25) is 23.6 Å². The molecule has 0 spiro atoms. The lowest BCUT2D eigenvalue weighted by Crippen LogP contribution is -2.58. The van der Waals surface area contributed by atoms with Crippen molar-refractivity contribution in [3.05, 3.63) is 35.9 Å². The zero-order valence-corrected chi connectivity index (χ0v) is 33.3. The highest BCUT2D eigenvalue weighted by molar-refractivity contribution is 5.89. The number of methoxy groups -OCH3 is 2. The van der Waals surface area contributed by atoms with E-state index in [0.717, 1.165) is 12.8 Å². The molecule has 1 heterocycles. The first-order chi connectivity index (χ1) is 24.0. The van der Waals surface area contributed by atoms with Crippen molar-refractivity contribution in [3.63, 3.8) is 0 Å². The van der Waals surface area contributed by atoms with Crippen molar-refractivity contribution in [1.82, 2.24) is 20.4 Å². The van der Waals surface area contributed by atoms with Crippen molar-refractivity contribution >= 4 is 23.6 Å². The summed E-state index contributed by atoms with van der Waals surface area (Å²) < 4.78 is 11.9. The number of nitrogens with zero attached hydrogens (tertiary/aromatic N) is 2. The van der Waals surface area contributed by atoms with Crippen LogP contribution in [0.25, 0.3) is 0 Å². The number of hydrogen-bond acceptors (Lipinski definition) is 7. The van der Waals surface area contributed by atoms with Gasteiger partial charge in [-0.15, -0.1) is 0 Å². The fourth-order valence-electron chi connectivity index (χ4n) is 7.63. The minimum absolute atomic E-state index is 0.00249. The Hall–Kier alpha value is -3.02. The Morgan fingerprint density at radius 3 is 2.04 bits per heavy atom. The molecule has 1 aliphatic rings. The van der Waals surface area contributed by atoms with Crippen LogP contribution in [0.5, 0.6) is 0 Å². The lowest BCUT2D eigenvalue weighted by molar-refractivity contribution is -0.148. The summed E-state index contributed by atoms with van der Waals surface area (Å²) in [6.07, 6.45) is 0.881. The summed E-state index contributed by atoms with van der Waals surface area (Å²) in [7, 11) is 4.87. The van der Waals surface area contributed by atoms with Gasteiger partial charge in [-0.1, -0.05) is 92.1 Å². The summed E-state index contributed by atoms with van der Waals surface area (Å²) in [6.45, 7) is 18.0. The van der Waals surface area contributed by atoms with Crippen LogP contribution in [0.15, 0.2) is 30.3 Å². The number of rotatable bonds is 20. The van der Waals surface area contributed by atoms with Crippen molar-refractivity contribution in [2.45, 2.75) is 137 Å². The Morgan fingerprint density at radius 1 is 0.902 bits per heavy atom. The third-order valence-corrected chi connectivity index (χ3v) is 11.1. The molecule has 290 valence electrons. The molecule has 0 bridgehead atoms.